The van der Waals surface area contributed by atoms with E-state index in [1.54, 1.807) is 6.07 Å². The number of hydrogen-bond acceptors (Lipinski definition) is 4. The number of carbonyl (C=O) groups excluding carboxylic acids is 1. The van der Waals surface area contributed by atoms with Gasteiger partial charge in [-0.15, -0.1) is 12.4 Å². The first-order valence-corrected chi connectivity index (χ1v) is 8.20. The smallest absolute Gasteiger partial charge is 0.257 e. The molecule has 23 heavy (non-hydrogen) atoms. The van der Waals surface area contributed by atoms with Crippen molar-refractivity contribution in [3.05, 3.63) is 23.7 Å². The van der Waals surface area contributed by atoms with E-state index in [9.17, 15) is 4.79 Å². The van der Waals surface area contributed by atoms with Crippen molar-refractivity contribution >= 4 is 18.3 Å². The van der Waals surface area contributed by atoms with Gasteiger partial charge in [-0.2, -0.15) is 0 Å². The van der Waals surface area contributed by atoms with Crippen molar-refractivity contribution in [2.45, 2.75) is 58.7 Å². The SMILES string of the molecule is CCOC1CC(N(C)C(=O)c2coc(CN)c2)C1(CC)CC.Cl. The lowest BCUT2D eigenvalue weighted by Gasteiger charge is -2.58. The summed E-state index contributed by atoms with van der Waals surface area (Å²) >= 11 is 0. The molecule has 5 nitrogen and oxygen atoms in total. The molecule has 1 amide bonds. The molecule has 132 valence electrons. The molecular weight excluding hydrogens is 316 g/mol. The van der Waals surface area contributed by atoms with Crippen molar-refractivity contribution in [2.75, 3.05) is 13.7 Å². The lowest BCUT2D eigenvalue weighted by Crippen LogP contribution is -2.64. The van der Waals surface area contributed by atoms with Gasteiger partial charge in [0.15, 0.2) is 0 Å². The van der Waals surface area contributed by atoms with Crippen LogP contribution in [0.25, 0.3) is 0 Å². The van der Waals surface area contributed by atoms with E-state index in [1.165, 1.54) is 6.26 Å². The Hall–Kier alpha value is -1.04. The summed E-state index contributed by atoms with van der Waals surface area (Å²) in [6.45, 7) is 7.42. The monoisotopic (exact) mass is 344 g/mol. The van der Waals surface area contributed by atoms with E-state index in [-0.39, 0.29) is 35.9 Å². The molecule has 0 aliphatic heterocycles. The summed E-state index contributed by atoms with van der Waals surface area (Å²) in [5, 5.41) is 0. The maximum atomic E-state index is 12.7. The summed E-state index contributed by atoms with van der Waals surface area (Å²) in [4.78, 5) is 14.5. The molecule has 2 rings (SSSR count). The number of carbonyl (C=O) groups is 1. The van der Waals surface area contributed by atoms with Crippen LogP contribution in [0.1, 0.15) is 56.2 Å². The maximum absolute atomic E-state index is 12.7. The second kappa shape index (κ2) is 8.18. The molecule has 2 N–H and O–H groups in total. The summed E-state index contributed by atoms with van der Waals surface area (Å²) in [5.74, 6) is 0.629. The third kappa shape index (κ3) is 3.42. The zero-order valence-corrected chi connectivity index (χ0v) is 15.3. The van der Waals surface area contributed by atoms with E-state index in [0.717, 1.165) is 25.9 Å². The van der Waals surface area contributed by atoms with Crippen LogP contribution in [-0.2, 0) is 11.3 Å². The average Bonchev–Trinajstić information content (AvgIpc) is 3.00. The first-order chi connectivity index (χ1) is 10.5. The fourth-order valence-corrected chi connectivity index (χ4v) is 3.83. The molecule has 0 aromatic carbocycles. The molecule has 0 radical (unpaired) electrons. The Morgan fingerprint density at radius 3 is 2.57 bits per heavy atom. The van der Waals surface area contributed by atoms with Gasteiger partial charge in [-0.25, -0.2) is 0 Å². The van der Waals surface area contributed by atoms with Crippen LogP contribution in [-0.4, -0.2) is 36.6 Å². The Balaban J connectivity index is 0.00000264. The van der Waals surface area contributed by atoms with Crippen molar-refractivity contribution in [2.24, 2.45) is 11.1 Å². The van der Waals surface area contributed by atoms with E-state index in [4.69, 9.17) is 14.9 Å². The Labute approximate surface area is 144 Å². The number of amides is 1. The molecule has 1 heterocycles. The number of nitrogens with two attached hydrogens (primary N) is 1. The summed E-state index contributed by atoms with van der Waals surface area (Å²) in [7, 11) is 1.88. The van der Waals surface area contributed by atoms with Gasteiger partial charge in [-0.05, 0) is 32.3 Å². The summed E-state index contributed by atoms with van der Waals surface area (Å²) < 4.78 is 11.2. The highest BCUT2D eigenvalue weighted by Crippen LogP contribution is 2.51. The van der Waals surface area contributed by atoms with Crippen LogP contribution >= 0.6 is 12.4 Å². The van der Waals surface area contributed by atoms with Gasteiger partial charge in [0.25, 0.3) is 5.91 Å². The number of rotatable bonds is 7. The van der Waals surface area contributed by atoms with Crippen LogP contribution in [0, 0.1) is 5.41 Å². The van der Waals surface area contributed by atoms with Gasteiger partial charge in [-0.1, -0.05) is 13.8 Å². The molecule has 0 saturated heterocycles. The van der Waals surface area contributed by atoms with E-state index >= 15 is 0 Å². The lowest BCUT2D eigenvalue weighted by atomic mass is 9.58. The predicted molar refractivity (Wildman–Crippen MR) is 92.8 cm³/mol. The van der Waals surface area contributed by atoms with Gasteiger partial charge in [0.05, 0.1) is 18.2 Å². The van der Waals surface area contributed by atoms with Crippen LogP contribution in [0.2, 0.25) is 0 Å². The molecule has 2 atom stereocenters. The van der Waals surface area contributed by atoms with E-state index in [1.807, 2.05) is 18.9 Å². The molecule has 6 heteroatoms. The second-order valence-corrected chi connectivity index (χ2v) is 6.06. The van der Waals surface area contributed by atoms with E-state index in [2.05, 4.69) is 13.8 Å². The zero-order chi connectivity index (χ0) is 16.3. The molecule has 1 aromatic rings. The molecule has 1 aromatic heterocycles. The third-order valence-electron chi connectivity index (χ3n) is 5.32. The van der Waals surface area contributed by atoms with Crippen LogP contribution < -0.4 is 5.73 Å². The highest BCUT2D eigenvalue weighted by Gasteiger charge is 2.55. The standard InChI is InChI=1S/C17H28N2O3.ClH/c1-5-17(6-2)14(9-15(17)21-7-3)19(4)16(20)12-8-13(10-18)22-11-12;/h8,11,14-15H,5-7,9-10,18H2,1-4H3;1H. The maximum Gasteiger partial charge on any atom is 0.257 e. The molecular formula is C17H29ClN2O3. The van der Waals surface area contributed by atoms with Crippen LogP contribution in [0.5, 0.6) is 0 Å². The van der Waals surface area contributed by atoms with E-state index < -0.39 is 0 Å². The molecule has 1 aliphatic rings. The Morgan fingerprint density at radius 1 is 1.43 bits per heavy atom. The Morgan fingerprint density at radius 2 is 2.09 bits per heavy atom. The second-order valence-electron chi connectivity index (χ2n) is 6.06. The van der Waals surface area contributed by atoms with Crippen molar-refractivity contribution in [1.29, 1.82) is 0 Å². The van der Waals surface area contributed by atoms with Crippen molar-refractivity contribution < 1.29 is 13.9 Å². The predicted octanol–water partition coefficient (Wildman–Crippen LogP) is 3.22. The van der Waals surface area contributed by atoms with Gasteiger partial charge in [-0.3, -0.25) is 4.79 Å². The molecule has 1 saturated carbocycles. The van der Waals surface area contributed by atoms with Crippen LogP contribution in [0.3, 0.4) is 0 Å². The van der Waals surface area contributed by atoms with Crippen molar-refractivity contribution in [3.8, 4) is 0 Å². The molecule has 0 bridgehead atoms. The first kappa shape index (κ1) is 20.0. The van der Waals surface area contributed by atoms with Gasteiger partial charge >= 0.3 is 0 Å². The molecule has 1 fully saturated rings. The number of halogens is 1. The zero-order valence-electron chi connectivity index (χ0n) is 14.5. The number of ether oxygens (including phenoxy) is 1. The fraction of sp³-hybridized carbons (Fsp3) is 0.706. The summed E-state index contributed by atoms with van der Waals surface area (Å²) in [5.41, 5.74) is 6.17. The number of furan rings is 1. The van der Waals surface area contributed by atoms with Crippen LogP contribution in [0.15, 0.2) is 16.7 Å². The topological polar surface area (TPSA) is 68.7 Å². The van der Waals surface area contributed by atoms with E-state index in [0.29, 0.717) is 17.9 Å². The number of nitrogens with zero attached hydrogens (tertiary/aromatic N) is 1. The minimum absolute atomic E-state index is 0. The highest BCUT2D eigenvalue weighted by molar-refractivity contribution is 5.94. The van der Waals surface area contributed by atoms with Gasteiger partial charge in [0.2, 0.25) is 0 Å². The minimum Gasteiger partial charge on any atom is -0.467 e. The van der Waals surface area contributed by atoms with Crippen molar-refractivity contribution in [3.63, 3.8) is 0 Å². The number of hydrogen-bond donors (Lipinski definition) is 1. The lowest BCUT2D eigenvalue weighted by molar-refractivity contribution is -0.159. The van der Waals surface area contributed by atoms with Gasteiger partial charge < -0.3 is 19.8 Å². The van der Waals surface area contributed by atoms with Gasteiger partial charge in [0, 0.05) is 25.1 Å². The molecule has 0 spiro atoms. The van der Waals surface area contributed by atoms with Gasteiger partial charge in [0.1, 0.15) is 12.0 Å². The van der Waals surface area contributed by atoms with Crippen molar-refractivity contribution in [1.82, 2.24) is 4.90 Å². The Kier molecular flexibility index (Phi) is 7.11. The largest absolute Gasteiger partial charge is 0.467 e. The first-order valence-electron chi connectivity index (χ1n) is 8.20. The Bertz CT molecular complexity index is 514. The quantitative estimate of drug-likeness (QED) is 0.824. The average molecular weight is 345 g/mol. The third-order valence-corrected chi connectivity index (χ3v) is 5.32. The summed E-state index contributed by atoms with van der Waals surface area (Å²) in [6, 6.07) is 1.94. The highest BCUT2D eigenvalue weighted by atomic mass is 35.5. The normalized spacial score (nSPS) is 22.1. The fourth-order valence-electron chi connectivity index (χ4n) is 3.83. The molecule has 1 aliphatic carbocycles. The minimum atomic E-state index is -0.00493. The molecule has 2 unspecified atom stereocenters. The van der Waals surface area contributed by atoms with Crippen LogP contribution in [0.4, 0.5) is 0 Å². The summed E-state index contributed by atoms with van der Waals surface area (Å²) in [6.07, 6.45) is 4.67.